The number of carbonyl (C=O) groups is 1. The Kier molecular flexibility index (Phi) is 6.66. The Bertz CT molecular complexity index is 623. The maximum absolute atomic E-state index is 12.8. The predicted molar refractivity (Wildman–Crippen MR) is 94.0 cm³/mol. The zero-order valence-electron chi connectivity index (χ0n) is 13.5. The number of amides is 1. The molecule has 0 aromatic heterocycles. The molecule has 1 N–H and O–H groups in total. The van der Waals surface area contributed by atoms with E-state index in [2.05, 4.69) is 31.3 Å². The first-order valence-corrected chi connectivity index (χ1v) is 8.74. The molecular formula is C19H22FNOS. The largest absolute Gasteiger partial charge is 0.352 e. The van der Waals surface area contributed by atoms with E-state index in [0.717, 1.165) is 16.9 Å². The molecule has 23 heavy (non-hydrogen) atoms. The van der Waals surface area contributed by atoms with E-state index in [9.17, 15) is 9.18 Å². The molecule has 2 aromatic carbocycles. The van der Waals surface area contributed by atoms with Gasteiger partial charge >= 0.3 is 0 Å². The van der Waals surface area contributed by atoms with E-state index >= 15 is 0 Å². The lowest BCUT2D eigenvalue weighted by molar-refractivity contribution is -0.120. The zero-order valence-corrected chi connectivity index (χ0v) is 14.3. The van der Waals surface area contributed by atoms with Gasteiger partial charge in [0, 0.05) is 17.2 Å². The minimum Gasteiger partial charge on any atom is -0.352 e. The molecule has 0 aliphatic rings. The second-order valence-electron chi connectivity index (χ2n) is 5.93. The van der Waals surface area contributed by atoms with Crippen molar-refractivity contribution in [2.24, 2.45) is 5.92 Å². The summed E-state index contributed by atoms with van der Waals surface area (Å²) in [5, 5.41) is 2.86. The molecule has 0 bridgehead atoms. The van der Waals surface area contributed by atoms with Gasteiger partial charge in [0.25, 0.3) is 0 Å². The Hall–Kier alpha value is -1.81. The van der Waals surface area contributed by atoms with Crippen molar-refractivity contribution in [3.05, 3.63) is 65.5 Å². The molecule has 0 unspecified atom stereocenters. The van der Waals surface area contributed by atoms with Gasteiger partial charge in [-0.05, 0) is 41.3 Å². The minimum absolute atomic E-state index is 0.0306. The third-order valence-electron chi connectivity index (χ3n) is 3.27. The van der Waals surface area contributed by atoms with Gasteiger partial charge in [-0.3, -0.25) is 4.79 Å². The van der Waals surface area contributed by atoms with E-state index in [1.165, 1.54) is 17.0 Å². The predicted octanol–water partition coefficient (Wildman–Crippen LogP) is 4.43. The molecule has 2 aromatic rings. The molecule has 0 atom stereocenters. The lowest BCUT2D eigenvalue weighted by atomic mass is 10.1. The first-order chi connectivity index (χ1) is 11.0. The maximum Gasteiger partial charge on any atom is 0.224 e. The topological polar surface area (TPSA) is 29.1 Å². The molecule has 2 nitrogen and oxygen atoms in total. The molecule has 0 aliphatic carbocycles. The zero-order chi connectivity index (χ0) is 16.7. The van der Waals surface area contributed by atoms with Crippen LogP contribution in [0.1, 0.15) is 25.0 Å². The van der Waals surface area contributed by atoms with Crippen molar-refractivity contribution in [1.82, 2.24) is 5.32 Å². The van der Waals surface area contributed by atoms with Crippen LogP contribution in [0.3, 0.4) is 0 Å². The third kappa shape index (κ3) is 6.45. The smallest absolute Gasteiger partial charge is 0.224 e. The molecule has 0 saturated heterocycles. The Morgan fingerprint density at radius 1 is 1.04 bits per heavy atom. The highest BCUT2D eigenvalue weighted by Crippen LogP contribution is 2.21. The number of benzene rings is 2. The summed E-state index contributed by atoms with van der Waals surface area (Å²) in [6.45, 7) is 4.82. The molecule has 0 heterocycles. The summed E-state index contributed by atoms with van der Waals surface area (Å²) < 4.78 is 12.8. The summed E-state index contributed by atoms with van der Waals surface area (Å²) in [6.07, 6.45) is 0.357. The third-order valence-corrected chi connectivity index (χ3v) is 4.71. The Balaban J connectivity index is 1.79. The quantitative estimate of drug-likeness (QED) is 0.760. The number of halogens is 1. The van der Waals surface area contributed by atoms with Crippen LogP contribution in [0.15, 0.2) is 53.4 Å². The normalized spacial score (nSPS) is 10.8. The first kappa shape index (κ1) is 17.5. The van der Waals surface area contributed by atoms with Crippen LogP contribution in [0.5, 0.6) is 0 Å². The van der Waals surface area contributed by atoms with E-state index < -0.39 is 0 Å². The highest BCUT2D eigenvalue weighted by molar-refractivity contribution is 7.99. The van der Waals surface area contributed by atoms with E-state index in [1.54, 1.807) is 12.1 Å². The van der Waals surface area contributed by atoms with Crippen molar-refractivity contribution < 1.29 is 9.18 Å². The number of rotatable bonds is 7. The van der Waals surface area contributed by atoms with E-state index in [4.69, 9.17) is 0 Å². The fraction of sp³-hybridized carbons (Fsp3) is 0.316. The van der Waals surface area contributed by atoms with Gasteiger partial charge in [0.15, 0.2) is 0 Å². The van der Waals surface area contributed by atoms with Crippen LogP contribution in [0.4, 0.5) is 4.39 Å². The van der Waals surface area contributed by atoms with Crippen LogP contribution >= 0.6 is 11.8 Å². The molecule has 2 rings (SSSR count). The van der Waals surface area contributed by atoms with Crippen LogP contribution < -0.4 is 5.32 Å². The Labute approximate surface area is 141 Å². The van der Waals surface area contributed by atoms with Gasteiger partial charge in [-0.1, -0.05) is 38.1 Å². The van der Waals surface area contributed by atoms with Crippen molar-refractivity contribution in [3.63, 3.8) is 0 Å². The second kappa shape index (κ2) is 8.73. The van der Waals surface area contributed by atoms with Gasteiger partial charge in [0.2, 0.25) is 5.91 Å². The number of thioether (sulfide) groups is 1. The summed E-state index contributed by atoms with van der Waals surface area (Å²) in [4.78, 5) is 13.2. The van der Waals surface area contributed by atoms with E-state index in [1.807, 2.05) is 23.9 Å². The fourth-order valence-corrected chi connectivity index (χ4v) is 2.87. The molecule has 122 valence electrons. The van der Waals surface area contributed by atoms with Crippen LogP contribution in [-0.2, 0) is 17.8 Å². The highest BCUT2D eigenvalue weighted by Gasteiger charge is 2.04. The molecule has 1 amide bonds. The lowest BCUT2D eigenvalue weighted by Gasteiger charge is -2.07. The van der Waals surface area contributed by atoms with Gasteiger partial charge in [-0.25, -0.2) is 4.39 Å². The van der Waals surface area contributed by atoms with Crippen LogP contribution in [0.25, 0.3) is 0 Å². The van der Waals surface area contributed by atoms with Crippen LogP contribution in [0.2, 0.25) is 0 Å². The molecule has 0 saturated carbocycles. The molecule has 0 radical (unpaired) electrons. The summed E-state index contributed by atoms with van der Waals surface area (Å²) >= 11 is 1.83. The summed E-state index contributed by atoms with van der Waals surface area (Å²) in [5.74, 6) is 1.46. The summed E-state index contributed by atoms with van der Waals surface area (Å²) in [7, 11) is 0. The van der Waals surface area contributed by atoms with Gasteiger partial charge in [0.1, 0.15) is 5.82 Å². The minimum atomic E-state index is -0.268. The van der Waals surface area contributed by atoms with Crippen molar-refractivity contribution in [3.8, 4) is 0 Å². The van der Waals surface area contributed by atoms with Crippen molar-refractivity contribution in [2.45, 2.75) is 31.7 Å². The lowest BCUT2D eigenvalue weighted by Crippen LogP contribution is -2.24. The average molecular weight is 331 g/mol. The first-order valence-electron chi connectivity index (χ1n) is 7.76. The number of hydrogen-bond donors (Lipinski definition) is 1. The summed E-state index contributed by atoms with van der Waals surface area (Å²) in [6, 6.07) is 14.3. The van der Waals surface area contributed by atoms with Crippen molar-refractivity contribution in [2.75, 3.05) is 5.75 Å². The second-order valence-corrected chi connectivity index (χ2v) is 7.02. The monoisotopic (exact) mass is 331 g/mol. The van der Waals surface area contributed by atoms with E-state index in [-0.39, 0.29) is 11.7 Å². The number of carbonyl (C=O) groups excluding carboxylic acids is 1. The number of nitrogens with one attached hydrogen (secondary N) is 1. The highest BCUT2D eigenvalue weighted by atomic mass is 32.2. The summed E-state index contributed by atoms with van der Waals surface area (Å²) in [5.41, 5.74) is 1.88. The van der Waals surface area contributed by atoms with Gasteiger partial charge in [-0.2, -0.15) is 0 Å². The fourth-order valence-electron chi connectivity index (χ4n) is 2.02. The molecule has 0 spiro atoms. The van der Waals surface area contributed by atoms with Crippen molar-refractivity contribution in [1.29, 1.82) is 0 Å². The van der Waals surface area contributed by atoms with Crippen molar-refractivity contribution >= 4 is 17.7 Å². The average Bonchev–Trinajstić information content (AvgIpc) is 2.53. The van der Waals surface area contributed by atoms with Crippen LogP contribution in [0, 0.1) is 11.7 Å². The molecule has 4 heteroatoms. The Morgan fingerprint density at radius 3 is 2.26 bits per heavy atom. The van der Waals surface area contributed by atoms with Gasteiger partial charge < -0.3 is 5.32 Å². The van der Waals surface area contributed by atoms with Crippen LogP contribution in [-0.4, -0.2) is 11.7 Å². The maximum atomic E-state index is 12.8. The number of hydrogen-bond acceptors (Lipinski definition) is 2. The standard InChI is InChI=1S/C19H22FNOS/c1-14(2)13-23-18-9-5-15(6-10-18)11-19(22)21-12-16-3-7-17(20)8-4-16/h3-10,14H,11-13H2,1-2H3,(H,21,22). The van der Waals surface area contributed by atoms with E-state index in [0.29, 0.717) is 18.9 Å². The molecular weight excluding hydrogens is 309 g/mol. The SMILES string of the molecule is CC(C)CSc1ccc(CC(=O)NCc2ccc(F)cc2)cc1. The van der Waals surface area contributed by atoms with Gasteiger partial charge in [0.05, 0.1) is 6.42 Å². The molecule has 0 aliphatic heterocycles. The molecule has 0 fully saturated rings. The van der Waals surface area contributed by atoms with Gasteiger partial charge in [-0.15, -0.1) is 11.8 Å². The Morgan fingerprint density at radius 2 is 1.65 bits per heavy atom.